The summed E-state index contributed by atoms with van der Waals surface area (Å²) < 4.78 is 42.7. The number of benzene rings is 2. The fraction of sp³-hybridized carbons (Fsp3) is 0.176. The Hall–Kier alpha value is -3.43. The van der Waals surface area contributed by atoms with Crippen molar-refractivity contribution < 1.29 is 32.4 Å². The van der Waals surface area contributed by atoms with Crippen molar-refractivity contribution in [2.75, 3.05) is 11.9 Å². The van der Waals surface area contributed by atoms with Gasteiger partial charge in [0, 0.05) is 6.07 Å². The van der Waals surface area contributed by atoms with Crippen molar-refractivity contribution in [2.45, 2.75) is 13.1 Å². The zero-order valence-electron chi connectivity index (χ0n) is 13.9. The first-order valence-electron chi connectivity index (χ1n) is 7.48. The Labute approximate surface area is 150 Å². The molecular formula is C17H13F3N2O5. The van der Waals surface area contributed by atoms with Crippen LogP contribution in [0.4, 0.5) is 24.5 Å². The highest BCUT2D eigenvalue weighted by Gasteiger charge is 2.31. The highest BCUT2D eigenvalue weighted by atomic mass is 19.4. The summed E-state index contributed by atoms with van der Waals surface area (Å²) in [6.45, 7) is 0.720. The average Bonchev–Trinajstić information content (AvgIpc) is 2.60. The van der Waals surface area contributed by atoms with Gasteiger partial charge in [0.05, 0.1) is 16.1 Å². The number of nitrogens with one attached hydrogen (secondary N) is 1. The number of amides is 1. The number of carbonyl (C=O) groups excluding carboxylic acids is 2. The van der Waals surface area contributed by atoms with Crippen LogP contribution in [-0.4, -0.2) is 23.4 Å². The molecule has 0 fully saturated rings. The number of nitro groups is 1. The number of hydrogen-bond acceptors (Lipinski definition) is 5. The van der Waals surface area contributed by atoms with Gasteiger partial charge in [0.25, 0.3) is 11.6 Å². The van der Waals surface area contributed by atoms with Crippen LogP contribution in [0.15, 0.2) is 42.5 Å². The van der Waals surface area contributed by atoms with Gasteiger partial charge in [-0.05, 0) is 30.7 Å². The van der Waals surface area contributed by atoms with Crippen molar-refractivity contribution in [1.29, 1.82) is 0 Å². The Morgan fingerprint density at radius 3 is 2.48 bits per heavy atom. The molecule has 0 atom stereocenters. The Balaban J connectivity index is 2.05. The minimum absolute atomic E-state index is 0.0531. The molecule has 0 spiro atoms. The Kier molecular flexibility index (Phi) is 5.78. The summed E-state index contributed by atoms with van der Waals surface area (Å²) in [5, 5.41) is 13.3. The van der Waals surface area contributed by atoms with Gasteiger partial charge >= 0.3 is 12.1 Å². The van der Waals surface area contributed by atoms with Crippen LogP contribution in [0.25, 0.3) is 0 Å². The van der Waals surface area contributed by atoms with Gasteiger partial charge in [-0.15, -0.1) is 0 Å². The summed E-state index contributed by atoms with van der Waals surface area (Å²) in [7, 11) is 0. The zero-order valence-corrected chi connectivity index (χ0v) is 13.9. The molecule has 1 N–H and O–H groups in total. The molecule has 1 amide bonds. The van der Waals surface area contributed by atoms with E-state index >= 15 is 0 Å². The van der Waals surface area contributed by atoms with Gasteiger partial charge in [-0.2, -0.15) is 13.2 Å². The number of esters is 1. The smallest absolute Gasteiger partial charge is 0.416 e. The number of alkyl halides is 3. The summed E-state index contributed by atoms with van der Waals surface area (Å²) in [4.78, 5) is 34.1. The van der Waals surface area contributed by atoms with Crippen molar-refractivity contribution in [3.63, 3.8) is 0 Å². The Bertz CT molecular complexity index is 896. The quantitative estimate of drug-likeness (QED) is 0.483. The first-order valence-corrected chi connectivity index (χ1v) is 7.48. The van der Waals surface area contributed by atoms with Gasteiger partial charge < -0.3 is 10.1 Å². The van der Waals surface area contributed by atoms with Crippen molar-refractivity contribution in [3.8, 4) is 0 Å². The first-order chi connectivity index (χ1) is 12.6. The third-order valence-electron chi connectivity index (χ3n) is 3.47. The lowest BCUT2D eigenvalue weighted by Gasteiger charge is -2.10. The molecule has 0 heterocycles. The zero-order chi connectivity index (χ0) is 20.2. The summed E-state index contributed by atoms with van der Waals surface area (Å²) in [5.41, 5.74) is -1.38. The van der Waals surface area contributed by atoms with Gasteiger partial charge in [0.1, 0.15) is 5.69 Å². The van der Waals surface area contributed by atoms with E-state index in [-0.39, 0.29) is 16.9 Å². The third kappa shape index (κ3) is 5.03. The number of nitro benzene ring substituents is 1. The number of aryl methyl sites for hydroxylation is 1. The molecule has 27 heavy (non-hydrogen) atoms. The first kappa shape index (κ1) is 19.9. The summed E-state index contributed by atoms with van der Waals surface area (Å²) in [6.07, 6.45) is -4.63. The number of carbonyl (C=O) groups is 2. The Morgan fingerprint density at radius 1 is 1.19 bits per heavy atom. The molecule has 2 aromatic rings. The molecule has 0 aliphatic rings. The van der Waals surface area contributed by atoms with Crippen molar-refractivity contribution in [2.24, 2.45) is 0 Å². The maximum Gasteiger partial charge on any atom is 0.416 e. The highest BCUT2D eigenvalue weighted by Crippen LogP contribution is 2.30. The van der Waals surface area contributed by atoms with Crippen LogP contribution in [0.2, 0.25) is 0 Å². The number of ether oxygens (including phenoxy) is 1. The number of rotatable bonds is 5. The molecule has 0 saturated carbocycles. The number of anilines is 1. The molecular weight excluding hydrogens is 369 g/mol. The third-order valence-corrected chi connectivity index (χ3v) is 3.47. The number of hydrogen-bond donors (Lipinski definition) is 1. The average molecular weight is 382 g/mol. The highest BCUT2D eigenvalue weighted by molar-refractivity contribution is 5.97. The maximum atomic E-state index is 12.7. The second-order valence-electron chi connectivity index (χ2n) is 5.43. The molecule has 0 aromatic heterocycles. The van der Waals surface area contributed by atoms with Gasteiger partial charge in [0.2, 0.25) is 0 Å². The second-order valence-corrected chi connectivity index (χ2v) is 5.43. The van der Waals surface area contributed by atoms with E-state index in [9.17, 15) is 32.9 Å². The minimum Gasteiger partial charge on any atom is -0.452 e. The Morgan fingerprint density at radius 2 is 1.85 bits per heavy atom. The molecule has 142 valence electrons. The molecule has 2 rings (SSSR count). The number of nitrogens with zero attached hydrogens (tertiary/aromatic N) is 1. The normalized spacial score (nSPS) is 11.0. The van der Waals surface area contributed by atoms with Gasteiger partial charge in [-0.3, -0.25) is 14.9 Å². The fourth-order valence-electron chi connectivity index (χ4n) is 2.18. The monoisotopic (exact) mass is 382 g/mol. The lowest BCUT2D eigenvalue weighted by Crippen LogP contribution is -2.22. The molecule has 0 saturated heterocycles. The fourth-order valence-corrected chi connectivity index (χ4v) is 2.18. The van der Waals surface area contributed by atoms with Crippen LogP contribution < -0.4 is 5.32 Å². The lowest BCUT2D eigenvalue weighted by molar-refractivity contribution is -0.384. The summed E-state index contributed by atoms with van der Waals surface area (Å²) >= 11 is 0. The maximum absolute atomic E-state index is 12.7. The van der Waals surface area contributed by atoms with E-state index in [1.54, 1.807) is 0 Å². The van der Waals surface area contributed by atoms with Gasteiger partial charge in [-0.25, -0.2) is 4.79 Å². The van der Waals surface area contributed by atoms with E-state index in [0.29, 0.717) is 11.6 Å². The number of halogens is 3. The van der Waals surface area contributed by atoms with Crippen LogP contribution >= 0.6 is 0 Å². The van der Waals surface area contributed by atoms with Crippen molar-refractivity contribution >= 4 is 23.3 Å². The lowest BCUT2D eigenvalue weighted by atomic mass is 10.1. The second kappa shape index (κ2) is 7.85. The predicted molar refractivity (Wildman–Crippen MR) is 88.2 cm³/mol. The predicted octanol–water partition coefficient (Wildman–Crippen LogP) is 3.72. The van der Waals surface area contributed by atoms with E-state index in [1.807, 2.05) is 0 Å². The molecule has 0 radical (unpaired) electrons. The van der Waals surface area contributed by atoms with Crippen molar-refractivity contribution in [3.05, 3.63) is 69.3 Å². The van der Waals surface area contributed by atoms with Crippen LogP contribution in [0.3, 0.4) is 0 Å². The van der Waals surface area contributed by atoms with E-state index in [0.717, 1.165) is 18.2 Å². The van der Waals surface area contributed by atoms with E-state index in [4.69, 9.17) is 0 Å². The molecule has 0 aliphatic heterocycles. The minimum atomic E-state index is -4.63. The number of para-hydroxylation sites is 1. The van der Waals surface area contributed by atoms with Crippen LogP contribution in [0, 0.1) is 17.0 Å². The van der Waals surface area contributed by atoms with E-state index in [1.165, 1.54) is 25.1 Å². The summed E-state index contributed by atoms with van der Waals surface area (Å²) in [5.74, 6) is -2.00. The standard InChI is InChI=1S/C17H13F3N2O5/c1-10-4-2-7-13(22(25)26)15(10)21-14(23)9-27-16(24)11-5-3-6-12(8-11)17(18,19)20/h2-8H,9H2,1H3,(H,21,23). The summed E-state index contributed by atoms with van der Waals surface area (Å²) in [6, 6.07) is 7.72. The van der Waals surface area contributed by atoms with Gasteiger partial charge in [0.15, 0.2) is 6.61 Å². The SMILES string of the molecule is Cc1cccc([N+](=O)[O-])c1NC(=O)COC(=O)c1cccc(C(F)(F)F)c1. The molecule has 7 nitrogen and oxygen atoms in total. The van der Waals surface area contributed by atoms with Crippen LogP contribution in [0.5, 0.6) is 0 Å². The van der Waals surface area contributed by atoms with Crippen molar-refractivity contribution in [1.82, 2.24) is 0 Å². The van der Waals surface area contributed by atoms with Gasteiger partial charge in [-0.1, -0.05) is 18.2 Å². The molecule has 0 unspecified atom stereocenters. The topological polar surface area (TPSA) is 98.5 Å². The largest absolute Gasteiger partial charge is 0.452 e. The van der Waals surface area contributed by atoms with Crippen LogP contribution in [0.1, 0.15) is 21.5 Å². The van der Waals surface area contributed by atoms with Crippen LogP contribution in [-0.2, 0) is 15.7 Å². The van der Waals surface area contributed by atoms with E-state index < -0.39 is 35.1 Å². The molecule has 2 aromatic carbocycles. The molecule has 0 aliphatic carbocycles. The van der Waals surface area contributed by atoms with E-state index in [2.05, 4.69) is 10.1 Å². The molecule has 0 bridgehead atoms. The molecule has 10 heteroatoms.